The maximum Gasteiger partial charge on any atom is 0.160 e. The van der Waals surface area contributed by atoms with Gasteiger partial charge in [-0.1, -0.05) is 0 Å². The zero-order valence-electron chi connectivity index (χ0n) is 7.02. The van der Waals surface area contributed by atoms with Crippen molar-refractivity contribution in [3.8, 4) is 0 Å². The standard InChI is InChI=1S/C9H10INO/c1-5-3-9(11)8(10)4-7(5)6(2)12/h3-4H,11H2,1-2H3. The Hall–Kier alpha value is -0.580. The second-order valence-electron chi connectivity index (χ2n) is 2.74. The Bertz CT molecular complexity index is 334. The molecule has 0 fully saturated rings. The summed E-state index contributed by atoms with van der Waals surface area (Å²) in [6.45, 7) is 3.46. The number of carbonyl (C=O) groups excluding carboxylic acids is 1. The number of Topliss-reactive ketones (excluding diaryl/α,β-unsaturated/α-hetero) is 1. The Morgan fingerprint density at radius 3 is 2.58 bits per heavy atom. The monoisotopic (exact) mass is 275 g/mol. The zero-order chi connectivity index (χ0) is 9.30. The van der Waals surface area contributed by atoms with Gasteiger partial charge in [-0.15, -0.1) is 0 Å². The fourth-order valence-electron chi connectivity index (χ4n) is 1.08. The van der Waals surface area contributed by atoms with Crippen LogP contribution in [0.3, 0.4) is 0 Å². The molecule has 0 atom stereocenters. The molecule has 0 saturated heterocycles. The molecule has 1 aromatic rings. The molecule has 0 saturated carbocycles. The number of rotatable bonds is 1. The first-order valence-corrected chi connectivity index (χ1v) is 4.67. The number of halogens is 1. The van der Waals surface area contributed by atoms with Crippen molar-refractivity contribution in [2.24, 2.45) is 0 Å². The van der Waals surface area contributed by atoms with Crippen LogP contribution in [0.15, 0.2) is 12.1 Å². The molecule has 12 heavy (non-hydrogen) atoms. The molecule has 0 aliphatic heterocycles. The van der Waals surface area contributed by atoms with Crippen LogP contribution >= 0.6 is 22.6 Å². The molecule has 0 bridgehead atoms. The highest BCUT2D eigenvalue weighted by Gasteiger charge is 2.06. The molecule has 1 aromatic carbocycles. The van der Waals surface area contributed by atoms with Crippen LogP contribution in [0.5, 0.6) is 0 Å². The van der Waals surface area contributed by atoms with E-state index in [4.69, 9.17) is 5.73 Å². The van der Waals surface area contributed by atoms with Crippen LogP contribution < -0.4 is 5.73 Å². The lowest BCUT2D eigenvalue weighted by Crippen LogP contribution is -1.99. The van der Waals surface area contributed by atoms with Crippen molar-refractivity contribution >= 4 is 34.1 Å². The maximum absolute atomic E-state index is 11.1. The summed E-state index contributed by atoms with van der Waals surface area (Å²) in [6.07, 6.45) is 0. The van der Waals surface area contributed by atoms with E-state index in [-0.39, 0.29) is 5.78 Å². The van der Waals surface area contributed by atoms with E-state index in [1.165, 1.54) is 0 Å². The van der Waals surface area contributed by atoms with Crippen molar-refractivity contribution in [2.45, 2.75) is 13.8 Å². The molecule has 0 radical (unpaired) electrons. The van der Waals surface area contributed by atoms with E-state index < -0.39 is 0 Å². The first kappa shape index (κ1) is 9.51. The summed E-state index contributed by atoms with van der Waals surface area (Å²) >= 11 is 2.12. The highest BCUT2D eigenvalue weighted by atomic mass is 127. The molecule has 0 aromatic heterocycles. The largest absolute Gasteiger partial charge is 0.398 e. The van der Waals surface area contributed by atoms with Crippen LogP contribution in [0, 0.1) is 10.5 Å². The number of benzene rings is 1. The first-order chi connectivity index (χ1) is 5.52. The highest BCUT2D eigenvalue weighted by Crippen LogP contribution is 2.20. The van der Waals surface area contributed by atoms with Gasteiger partial charge in [0.05, 0.1) is 0 Å². The fourth-order valence-corrected chi connectivity index (χ4v) is 1.55. The van der Waals surface area contributed by atoms with Crippen LogP contribution in [0.25, 0.3) is 0 Å². The number of carbonyl (C=O) groups is 1. The van der Waals surface area contributed by atoms with Crippen LogP contribution in [0.4, 0.5) is 5.69 Å². The third-order valence-corrected chi connectivity index (χ3v) is 2.66. The number of nitrogens with two attached hydrogens (primary N) is 1. The number of ketones is 1. The van der Waals surface area contributed by atoms with E-state index in [1.54, 1.807) is 6.92 Å². The van der Waals surface area contributed by atoms with Crippen LogP contribution in [0.2, 0.25) is 0 Å². The topological polar surface area (TPSA) is 43.1 Å². The van der Waals surface area contributed by atoms with Gasteiger partial charge in [0.1, 0.15) is 0 Å². The molecule has 64 valence electrons. The van der Waals surface area contributed by atoms with Crippen molar-refractivity contribution < 1.29 is 4.79 Å². The Labute approximate surface area is 85.3 Å². The van der Waals surface area contributed by atoms with Gasteiger partial charge in [-0.2, -0.15) is 0 Å². The minimum absolute atomic E-state index is 0.0883. The summed E-state index contributed by atoms with van der Waals surface area (Å²) < 4.78 is 0.934. The summed E-state index contributed by atoms with van der Waals surface area (Å²) in [5.74, 6) is 0.0883. The number of nitrogen functional groups attached to an aromatic ring is 1. The van der Waals surface area contributed by atoms with E-state index in [9.17, 15) is 4.79 Å². The van der Waals surface area contributed by atoms with Gasteiger partial charge in [-0.05, 0) is 54.1 Å². The molecule has 0 aliphatic rings. The third-order valence-electron chi connectivity index (χ3n) is 1.72. The average molecular weight is 275 g/mol. The normalized spacial score (nSPS) is 9.92. The zero-order valence-corrected chi connectivity index (χ0v) is 9.18. The van der Waals surface area contributed by atoms with Gasteiger partial charge in [0.15, 0.2) is 5.78 Å². The maximum atomic E-state index is 11.1. The molecule has 3 heteroatoms. The second kappa shape index (κ2) is 3.43. The summed E-state index contributed by atoms with van der Waals surface area (Å²) in [6, 6.07) is 3.66. The minimum atomic E-state index is 0.0883. The minimum Gasteiger partial charge on any atom is -0.398 e. The second-order valence-corrected chi connectivity index (χ2v) is 3.91. The van der Waals surface area contributed by atoms with Crippen molar-refractivity contribution in [2.75, 3.05) is 5.73 Å². The SMILES string of the molecule is CC(=O)c1cc(I)c(N)cc1C. The van der Waals surface area contributed by atoms with E-state index in [0.29, 0.717) is 0 Å². The molecule has 0 spiro atoms. The Morgan fingerprint density at radius 1 is 1.50 bits per heavy atom. The molecular formula is C9H10INO. The number of hydrogen-bond acceptors (Lipinski definition) is 2. The van der Waals surface area contributed by atoms with E-state index in [0.717, 1.165) is 20.4 Å². The summed E-state index contributed by atoms with van der Waals surface area (Å²) in [5, 5.41) is 0. The molecular weight excluding hydrogens is 265 g/mol. The first-order valence-electron chi connectivity index (χ1n) is 3.59. The number of hydrogen-bond donors (Lipinski definition) is 1. The van der Waals surface area contributed by atoms with E-state index in [2.05, 4.69) is 22.6 Å². The van der Waals surface area contributed by atoms with Gasteiger partial charge >= 0.3 is 0 Å². The summed E-state index contributed by atoms with van der Waals surface area (Å²) in [4.78, 5) is 11.1. The molecule has 0 unspecified atom stereocenters. The van der Waals surface area contributed by atoms with E-state index >= 15 is 0 Å². The highest BCUT2D eigenvalue weighted by molar-refractivity contribution is 14.1. The third kappa shape index (κ3) is 1.77. The average Bonchev–Trinajstić information content (AvgIpc) is 1.96. The molecule has 0 amide bonds. The van der Waals surface area contributed by atoms with Gasteiger partial charge in [-0.25, -0.2) is 0 Å². The molecule has 0 aliphatic carbocycles. The fraction of sp³-hybridized carbons (Fsp3) is 0.222. The predicted molar refractivity (Wildman–Crippen MR) is 58.3 cm³/mol. The van der Waals surface area contributed by atoms with Crippen molar-refractivity contribution in [1.82, 2.24) is 0 Å². The molecule has 2 N–H and O–H groups in total. The summed E-state index contributed by atoms with van der Waals surface area (Å²) in [5.41, 5.74) is 8.11. The number of aryl methyl sites for hydroxylation is 1. The Morgan fingerprint density at radius 2 is 2.08 bits per heavy atom. The Kier molecular flexibility index (Phi) is 2.72. The molecule has 0 heterocycles. The predicted octanol–water partition coefficient (Wildman–Crippen LogP) is 2.38. The van der Waals surface area contributed by atoms with Crippen molar-refractivity contribution in [3.63, 3.8) is 0 Å². The smallest absolute Gasteiger partial charge is 0.160 e. The van der Waals surface area contributed by atoms with Gasteiger partial charge in [0.25, 0.3) is 0 Å². The van der Waals surface area contributed by atoms with Crippen LogP contribution in [-0.4, -0.2) is 5.78 Å². The van der Waals surface area contributed by atoms with Gasteiger partial charge in [0, 0.05) is 14.8 Å². The Balaban J connectivity index is 3.33. The molecule has 1 rings (SSSR count). The van der Waals surface area contributed by atoms with E-state index in [1.807, 2.05) is 19.1 Å². The van der Waals surface area contributed by atoms with Gasteiger partial charge < -0.3 is 5.73 Å². The van der Waals surface area contributed by atoms with Gasteiger partial charge in [-0.3, -0.25) is 4.79 Å². The van der Waals surface area contributed by atoms with Crippen molar-refractivity contribution in [3.05, 3.63) is 26.8 Å². The lowest BCUT2D eigenvalue weighted by molar-refractivity contribution is 0.101. The van der Waals surface area contributed by atoms with Crippen LogP contribution in [-0.2, 0) is 0 Å². The van der Waals surface area contributed by atoms with Crippen molar-refractivity contribution in [1.29, 1.82) is 0 Å². The number of anilines is 1. The van der Waals surface area contributed by atoms with Gasteiger partial charge in [0.2, 0.25) is 0 Å². The molecule has 2 nitrogen and oxygen atoms in total. The lowest BCUT2D eigenvalue weighted by atomic mass is 10.1. The lowest BCUT2D eigenvalue weighted by Gasteiger charge is -2.04. The quantitative estimate of drug-likeness (QED) is 0.486. The van der Waals surface area contributed by atoms with Crippen LogP contribution in [0.1, 0.15) is 22.8 Å². The summed E-state index contributed by atoms with van der Waals surface area (Å²) in [7, 11) is 0.